The number of amides is 2. The van der Waals surface area contributed by atoms with Crippen molar-refractivity contribution in [2.45, 2.75) is 31.8 Å². The number of halogens is 2. The molecule has 2 aliphatic heterocycles. The molecule has 0 saturated carbocycles. The highest BCUT2D eigenvalue weighted by Crippen LogP contribution is 2.49. The molecule has 4 rings (SSSR count). The second kappa shape index (κ2) is 7.76. The molecule has 2 aromatic rings. The van der Waals surface area contributed by atoms with E-state index in [0.717, 1.165) is 0 Å². The lowest BCUT2D eigenvalue weighted by Gasteiger charge is -2.30. The van der Waals surface area contributed by atoms with Gasteiger partial charge in [0.25, 0.3) is 0 Å². The summed E-state index contributed by atoms with van der Waals surface area (Å²) in [7, 11) is 1.52. The molecule has 8 heteroatoms. The Morgan fingerprint density at radius 3 is 2.60 bits per heavy atom. The maximum absolute atomic E-state index is 13.5. The molecule has 0 aromatic heterocycles. The summed E-state index contributed by atoms with van der Waals surface area (Å²) >= 11 is 12.4. The maximum atomic E-state index is 13.5. The van der Waals surface area contributed by atoms with Crippen LogP contribution < -0.4 is 20.7 Å². The minimum atomic E-state index is -1.19. The van der Waals surface area contributed by atoms with Crippen LogP contribution in [-0.4, -0.2) is 25.0 Å². The van der Waals surface area contributed by atoms with Crippen molar-refractivity contribution in [1.29, 1.82) is 0 Å². The van der Waals surface area contributed by atoms with Crippen molar-refractivity contribution >= 4 is 46.4 Å². The summed E-state index contributed by atoms with van der Waals surface area (Å²) in [5.74, 6) is -0.451. The number of carbonyl (C=O) groups excluding carboxylic acids is 2. The molecule has 0 radical (unpaired) electrons. The van der Waals surface area contributed by atoms with Gasteiger partial charge in [-0.05, 0) is 48.7 Å². The molecule has 0 unspecified atom stereocenters. The fourth-order valence-electron chi connectivity index (χ4n) is 4.41. The number of benzene rings is 2. The standard InChI is InChI=1S/C22H23Cl2N3O3/c1-11(2)17-10-15(20(28)25-18-9-13(24)5-7-19(18)30-3)22(27-17)14-8-12(23)4-6-16(14)26-21(22)29/h4-9,11,15,17,27H,10H2,1-3H3,(H,25,28)(H,26,29)/t15-,17-,22+/m1/s1. The first-order chi connectivity index (χ1) is 14.3. The summed E-state index contributed by atoms with van der Waals surface area (Å²) in [6.07, 6.45) is 0.506. The number of fused-ring (bicyclic) bond motifs is 2. The van der Waals surface area contributed by atoms with Crippen LogP contribution in [0.25, 0.3) is 0 Å². The average Bonchev–Trinajstić information content (AvgIpc) is 3.23. The van der Waals surface area contributed by atoms with E-state index < -0.39 is 11.5 Å². The first kappa shape index (κ1) is 21.0. The van der Waals surface area contributed by atoms with Crippen molar-refractivity contribution in [3.8, 4) is 5.75 Å². The topological polar surface area (TPSA) is 79.5 Å². The fraction of sp³-hybridized carbons (Fsp3) is 0.364. The molecular weight excluding hydrogens is 425 g/mol. The van der Waals surface area contributed by atoms with Crippen LogP contribution >= 0.6 is 23.2 Å². The van der Waals surface area contributed by atoms with Crippen molar-refractivity contribution in [3.63, 3.8) is 0 Å². The van der Waals surface area contributed by atoms with E-state index in [-0.39, 0.29) is 23.8 Å². The van der Waals surface area contributed by atoms with Crippen LogP contribution in [0, 0.1) is 11.8 Å². The van der Waals surface area contributed by atoms with Gasteiger partial charge in [-0.1, -0.05) is 37.0 Å². The van der Waals surface area contributed by atoms with E-state index in [2.05, 4.69) is 29.8 Å². The fourth-order valence-corrected chi connectivity index (χ4v) is 4.75. The Kier molecular flexibility index (Phi) is 5.43. The summed E-state index contributed by atoms with van der Waals surface area (Å²) < 4.78 is 5.35. The quantitative estimate of drug-likeness (QED) is 0.647. The van der Waals surface area contributed by atoms with Gasteiger partial charge in [0.15, 0.2) is 0 Å². The molecule has 2 aliphatic rings. The summed E-state index contributed by atoms with van der Waals surface area (Å²) in [6.45, 7) is 4.13. The number of carbonyl (C=O) groups is 2. The summed E-state index contributed by atoms with van der Waals surface area (Å²) in [5, 5.41) is 10.3. The second-order valence-corrected chi connectivity index (χ2v) is 8.94. The molecule has 2 aromatic carbocycles. The summed E-state index contributed by atoms with van der Waals surface area (Å²) in [6, 6.07) is 10.2. The van der Waals surface area contributed by atoms with Gasteiger partial charge in [-0.15, -0.1) is 0 Å². The highest BCUT2D eigenvalue weighted by molar-refractivity contribution is 6.31. The van der Waals surface area contributed by atoms with Crippen molar-refractivity contribution in [2.24, 2.45) is 11.8 Å². The zero-order valence-corrected chi connectivity index (χ0v) is 18.4. The first-order valence-corrected chi connectivity index (χ1v) is 10.6. The second-order valence-electron chi connectivity index (χ2n) is 8.07. The number of rotatable bonds is 4. The largest absolute Gasteiger partial charge is 0.495 e. The molecule has 1 spiro atoms. The molecule has 0 aliphatic carbocycles. The third-order valence-corrected chi connectivity index (χ3v) is 6.45. The SMILES string of the molecule is COc1ccc(Cl)cc1NC(=O)[C@H]1C[C@H](C(C)C)N[C@]12C(=O)Nc1ccc(Cl)cc12. The Morgan fingerprint density at radius 2 is 1.90 bits per heavy atom. The Labute approximate surface area is 185 Å². The molecule has 2 amide bonds. The number of methoxy groups -OCH3 is 1. The third kappa shape index (κ3) is 3.33. The Balaban J connectivity index is 1.76. The van der Waals surface area contributed by atoms with E-state index in [9.17, 15) is 9.59 Å². The van der Waals surface area contributed by atoms with Crippen LogP contribution in [0.3, 0.4) is 0 Å². The van der Waals surface area contributed by atoms with Gasteiger partial charge in [-0.2, -0.15) is 0 Å². The lowest BCUT2D eigenvalue weighted by atomic mass is 9.79. The van der Waals surface area contributed by atoms with E-state index in [1.807, 2.05) is 0 Å². The molecule has 6 nitrogen and oxygen atoms in total. The molecular formula is C22H23Cl2N3O3. The van der Waals surface area contributed by atoms with Crippen LogP contribution in [0.2, 0.25) is 10.0 Å². The average molecular weight is 448 g/mol. The zero-order chi connectivity index (χ0) is 21.6. The van der Waals surface area contributed by atoms with Gasteiger partial charge in [0.05, 0.1) is 18.7 Å². The van der Waals surface area contributed by atoms with Gasteiger partial charge < -0.3 is 15.4 Å². The van der Waals surface area contributed by atoms with Crippen LogP contribution in [0.4, 0.5) is 11.4 Å². The highest BCUT2D eigenvalue weighted by atomic mass is 35.5. The predicted molar refractivity (Wildman–Crippen MR) is 118 cm³/mol. The van der Waals surface area contributed by atoms with Crippen LogP contribution in [-0.2, 0) is 15.1 Å². The van der Waals surface area contributed by atoms with Gasteiger partial charge >= 0.3 is 0 Å². The van der Waals surface area contributed by atoms with E-state index in [1.165, 1.54) is 7.11 Å². The van der Waals surface area contributed by atoms with Gasteiger partial charge in [0.2, 0.25) is 11.8 Å². The number of ether oxygens (including phenoxy) is 1. The van der Waals surface area contributed by atoms with Crippen molar-refractivity contribution in [2.75, 3.05) is 17.7 Å². The summed E-state index contributed by atoms with van der Waals surface area (Å²) in [5.41, 5.74) is 0.633. The normalized spacial score (nSPS) is 24.8. The lowest BCUT2D eigenvalue weighted by molar-refractivity contribution is -0.130. The van der Waals surface area contributed by atoms with Crippen molar-refractivity contribution < 1.29 is 14.3 Å². The smallest absolute Gasteiger partial charge is 0.250 e. The number of anilines is 2. The van der Waals surface area contributed by atoms with E-state index >= 15 is 0 Å². The number of hydrogen-bond acceptors (Lipinski definition) is 4. The molecule has 1 fully saturated rings. The number of nitrogens with one attached hydrogen (secondary N) is 3. The van der Waals surface area contributed by atoms with Crippen LogP contribution in [0.15, 0.2) is 36.4 Å². The minimum absolute atomic E-state index is 0.0160. The van der Waals surface area contributed by atoms with E-state index in [4.69, 9.17) is 27.9 Å². The molecule has 3 N–H and O–H groups in total. The Hall–Kier alpha value is -2.28. The predicted octanol–water partition coefficient (Wildman–Crippen LogP) is 4.42. The van der Waals surface area contributed by atoms with E-state index in [0.29, 0.717) is 39.2 Å². The molecule has 30 heavy (non-hydrogen) atoms. The van der Waals surface area contributed by atoms with Crippen molar-refractivity contribution in [1.82, 2.24) is 5.32 Å². The Morgan fingerprint density at radius 1 is 1.20 bits per heavy atom. The minimum Gasteiger partial charge on any atom is -0.495 e. The highest BCUT2D eigenvalue weighted by Gasteiger charge is 2.60. The zero-order valence-electron chi connectivity index (χ0n) is 16.9. The molecule has 0 bridgehead atoms. The van der Waals surface area contributed by atoms with Gasteiger partial charge in [-0.25, -0.2) is 0 Å². The number of hydrogen-bond donors (Lipinski definition) is 3. The monoisotopic (exact) mass is 447 g/mol. The molecule has 1 saturated heterocycles. The first-order valence-electron chi connectivity index (χ1n) is 9.80. The van der Waals surface area contributed by atoms with Gasteiger partial charge in [0, 0.05) is 27.3 Å². The third-order valence-electron chi connectivity index (χ3n) is 5.98. The maximum Gasteiger partial charge on any atom is 0.250 e. The lowest BCUT2D eigenvalue weighted by Crippen LogP contribution is -2.52. The Bertz CT molecular complexity index is 1030. The van der Waals surface area contributed by atoms with Crippen molar-refractivity contribution in [3.05, 3.63) is 52.0 Å². The summed E-state index contributed by atoms with van der Waals surface area (Å²) in [4.78, 5) is 26.7. The van der Waals surface area contributed by atoms with Gasteiger partial charge in [-0.3, -0.25) is 14.9 Å². The molecule has 2 heterocycles. The van der Waals surface area contributed by atoms with E-state index in [1.54, 1.807) is 36.4 Å². The van der Waals surface area contributed by atoms with Gasteiger partial charge in [0.1, 0.15) is 11.3 Å². The molecule has 158 valence electrons. The van der Waals surface area contributed by atoms with Crippen LogP contribution in [0.1, 0.15) is 25.8 Å². The molecule has 3 atom stereocenters. The van der Waals surface area contributed by atoms with Crippen LogP contribution in [0.5, 0.6) is 5.75 Å².